The zero-order valence-electron chi connectivity index (χ0n) is 10.1. The molecule has 0 radical (unpaired) electrons. The molecule has 0 spiro atoms. The van der Waals surface area contributed by atoms with Crippen LogP contribution in [-0.4, -0.2) is 29.2 Å². The van der Waals surface area contributed by atoms with Gasteiger partial charge in [0.15, 0.2) is 0 Å². The van der Waals surface area contributed by atoms with Crippen LogP contribution in [-0.2, 0) is 10.0 Å². The monoisotopic (exact) mass is 312 g/mol. The smallest absolute Gasteiger partial charge is 0.347 e. The fourth-order valence-electron chi connectivity index (χ4n) is 1.94. The molecule has 8 heteroatoms. The highest BCUT2D eigenvalue weighted by Crippen LogP contribution is 2.21. The first-order valence-electron chi connectivity index (χ1n) is 5.73. The van der Waals surface area contributed by atoms with Crippen molar-refractivity contribution in [1.82, 2.24) is 9.19 Å². The maximum Gasteiger partial charge on any atom is 0.347 e. The number of aromatic nitrogens is 2. The van der Waals surface area contributed by atoms with Crippen LogP contribution in [0.25, 0.3) is 21.9 Å². The van der Waals surface area contributed by atoms with Crippen LogP contribution in [0.4, 0.5) is 0 Å². The molecule has 2 aromatic heterocycles. The highest BCUT2D eigenvalue weighted by atomic mass is 35.5. The quantitative estimate of drug-likeness (QED) is 0.541. The van der Waals surface area contributed by atoms with Gasteiger partial charge in [0.2, 0.25) is 0 Å². The normalized spacial score (nSPS) is 12.2. The summed E-state index contributed by atoms with van der Waals surface area (Å²) in [4.78, 5) is 11.8. The number of alkyl halides is 1. The van der Waals surface area contributed by atoms with Gasteiger partial charge in [-0.05, 0) is 12.1 Å². The first-order chi connectivity index (χ1) is 9.53. The van der Waals surface area contributed by atoms with Gasteiger partial charge in [0.1, 0.15) is 16.5 Å². The standard InChI is InChI=1S/C12H9ClN2O4S/c13-5-6-20(17,18)15-7-9-11(14-15)8-3-1-2-4-10(8)19-12(9)16/h1-4,7H,5-6H2. The Hall–Kier alpha value is -1.86. The van der Waals surface area contributed by atoms with E-state index >= 15 is 0 Å². The van der Waals surface area contributed by atoms with Crippen LogP contribution in [0.3, 0.4) is 0 Å². The van der Waals surface area contributed by atoms with Crippen molar-refractivity contribution in [3.05, 3.63) is 40.9 Å². The molecule has 2 heterocycles. The summed E-state index contributed by atoms with van der Waals surface area (Å²) in [6.45, 7) is 0. The van der Waals surface area contributed by atoms with Gasteiger partial charge in [0, 0.05) is 11.3 Å². The fraction of sp³-hybridized carbons (Fsp3) is 0.167. The number of fused-ring (bicyclic) bond motifs is 3. The maximum atomic E-state index is 11.9. The molecule has 0 aliphatic heterocycles. The summed E-state index contributed by atoms with van der Waals surface area (Å²) in [5.74, 6) is -0.306. The van der Waals surface area contributed by atoms with Crippen molar-refractivity contribution in [3.8, 4) is 0 Å². The number of para-hydroxylation sites is 1. The Labute approximate surface area is 118 Å². The highest BCUT2D eigenvalue weighted by molar-refractivity contribution is 7.89. The van der Waals surface area contributed by atoms with Crippen molar-refractivity contribution in [2.45, 2.75) is 0 Å². The molecule has 0 saturated carbocycles. The zero-order chi connectivity index (χ0) is 14.3. The van der Waals surface area contributed by atoms with E-state index in [1.807, 2.05) is 0 Å². The lowest BCUT2D eigenvalue weighted by Gasteiger charge is -1.99. The van der Waals surface area contributed by atoms with E-state index in [0.29, 0.717) is 16.5 Å². The molecule has 0 aliphatic rings. The molecule has 0 amide bonds. The summed E-state index contributed by atoms with van der Waals surface area (Å²) >= 11 is 5.46. The largest absolute Gasteiger partial charge is 0.422 e. The van der Waals surface area contributed by atoms with Crippen LogP contribution in [0.15, 0.2) is 39.7 Å². The minimum Gasteiger partial charge on any atom is -0.422 e. The number of halogens is 1. The maximum absolute atomic E-state index is 11.9. The molecule has 0 atom stereocenters. The summed E-state index contributed by atoms with van der Waals surface area (Å²) in [6.07, 6.45) is 1.16. The Morgan fingerprint density at radius 2 is 2.00 bits per heavy atom. The van der Waals surface area contributed by atoms with E-state index in [4.69, 9.17) is 16.0 Å². The summed E-state index contributed by atoms with van der Waals surface area (Å²) in [6, 6.07) is 6.82. The third kappa shape index (κ3) is 1.99. The van der Waals surface area contributed by atoms with Gasteiger partial charge in [-0.15, -0.1) is 11.6 Å². The molecule has 20 heavy (non-hydrogen) atoms. The lowest BCUT2D eigenvalue weighted by atomic mass is 10.2. The van der Waals surface area contributed by atoms with Crippen LogP contribution in [0.5, 0.6) is 0 Å². The first kappa shape index (κ1) is 13.1. The van der Waals surface area contributed by atoms with E-state index in [1.54, 1.807) is 24.3 Å². The molecule has 3 rings (SSSR count). The summed E-state index contributed by atoms with van der Waals surface area (Å²) < 4.78 is 29.8. The number of rotatable bonds is 3. The number of benzene rings is 1. The van der Waals surface area contributed by atoms with Crippen LogP contribution in [0.2, 0.25) is 0 Å². The second-order valence-electron chi connectivity index (χ2n) is 4.15. The first-order valence-corrected chi connectivity index (χ1v) is 7.88. The van der Waals surface area contributed by atoms with Crippen LogP contribution in [0, 0.1) is 0 Å². The van der Waals surface area contributed by atoms with E-state index < -0.39 is 15.6 Å². The molecule has 0 N–H and O–H groups in total. The fourth-order valence-corrected chi connectivity index (χ4v) is 3.38. The second-order valence-corrected chi connectivity index (χ2v) is 6.48. The third-order valence-corrected chi connectivity index (χ3v) is 4.77. The number of hydrogen-bond acceptors (Lipinski definition) is 5. The second kappa shape index (κ2) is 4.60. The Kier molecular flexibility index (Phi) is 3.02. The number of hydrogen-bond donors (Lipinski definition) is 0. The highest BCUT2D eigenvalue weighted by Gasteiger charge is 2.18. The molecule has 3 aromatic rings. The van der Waals surface area contributed by atoms with E-state index in [2.05, 4.69) is 5.10 Å². The molecule has 104 valence electrons. The Bertz CT molecular complexity index is 958. The molecule has 0 fully saturated rings. The van der Waals surface area contributed by atoms with Crippen LogP contribution >= 0.6 is 11.6 Å². The Balaban J connectivity index is 2.39. The predicted molar refractivity (Wildman–Crippen MR) is 75.7 cm³/mol. The van der Waals surface area contributed by atoms with Crippen molar-refractivity contribution in [2.24, 2.45) is 0 Å². The molecule has 0 aliphatic carbocycles. The SMILES string of the molecule is O=c1oc2ccccc2c2nn(S(=O)(=O)CCCl)cc12. The van der Waals surface area contributed by atoms with Crippen molar-refractivity contribution < 1.29 is 12.8 Å². The third-order valence-electron chi connectivity index (χ3n) is 2.88. The zero-order valence-corrected chi connectivity index (χ0v) is 11.7. The molecular weight excluding hydrogens is 304 g/mol. The topological polar surface area (TPSA) is 82.2 Å². The molecule has 1 aromatic carbocycles. The molecule has 0 bridgehead atoms. The lowest BCUT2D eigenvalue weighted by Crippen LogP contribution is -2.17. The lowest BCUT2D eigenvalue weighted by molar-refractivity contribution is 0.569. The van der Waals surface area contributed by atoms with Gasteiger partial charge in [-0.2, -0.15) is 9.19 Å². The van der Waals surface area contributed by atoms with Gasteiger partial charge >= 0.3 is 5.63 Å². The van der Waals surface area contributed by atoms with E-state index in [-0.39, 0.29) is 17.0 Å². The van der Waals surface area contributed by atoms with Crippen molar-refractivity contribution in [3.63, 3.8) is 0 Å². The van der Waals surface area contributed by atoms with Gasteiger partial charge in [-0.25, -0.2) is 13.2 Å². The summed E-state index contributed by atoms with van der Waals surface area (Å²) in [5.41, 5.74) is 0.0472. The van der Waals surface area contributed by atoms with Crippen molar-refractivity contribution >= 4 is 43.5 Å². The van der Waals surface area contributed by atoms with Crippen molar-refractivity contribution in [1.29, 1.82) is 0 Å². The molecule has 0 saturated heterocycles. The van der Waals surface area contributed by atoms with Gasteiger partial charge in [-0.3, -0.25) is 0 Å². The minimum absolute atomic E-state index is 0.0477. The van der Waals surface area contributed by atoms with Crippen LogP contribution < -0.4 is 5.63 Å². The summed E-state index contributed by atoms with van der Waals surface area (Å²) in [7, 11) is -3.66. The molecule has 0 unspecified atom stereocenters. The van der Waals surface area contributed by atoms with E-state index in [9.17, 15) is 13.2 Å². The average Bonchev–Trinajstić information content (AvgIpc) is 2.85. The Morgan fingerprint density at radius 1 is 1.25 bits per heavy atom. The van der Waals surface area contributed by atoms with Crippen LogP contribution in [0.1, 0.15) is 0 Å². The average molecular weight is 313 g/mol. The predicted octanol–water partition coefficient (Wildman–Crippen LogP) is 1.56. The van der Waals surface area contributed by atoms with Gasteiger partial charge < -0.3 is 4.42 Å². The summed E-state index contributed by atoms with van der Waals surface area (Å²) in [5, 5.41) is 4.71. The Morgan fingerprint density at radius 3 is 2.75 bits per heavy atom. The molecule has 6 nitrogen and oxygen atoms in total. The van der Waals surface area contributed by atoms with E-state index in [1.165, 1.54) is 0 Å². The van der Waals surface area contributed by atoms with Gasteiger partial charge in [-0.1, -0.05) is 12.1 Å². The van der Waals surface area contributed by atoms with Crippen molar-refractivity contribution in [2.75, 3.05) is 11.6 Å². The minimum atomic E-state index is -3.66. The van der Waals surface area contributed by atoms with Gasteiger partial charge in [0.05, 0.1) is 11.9 Å². The van der Waals surface area contributed by atoms with E-state index in [0.717, 1.165) is 10.3 Å². The number of nitrogens with zero attached hydrogens (tertiary/aromatic N) is 2. The molecular formula is C12H9ClN2O4S. The van der Waals surface area contributed by atoms with Gasteiger partial charge in [0.25, 0.3) is 10.0 Å².